The zero-order valence-corrected chi connectivity index (χ0v) is 7.49. The van der Waals surface area contributed by atoms with Crippen molar-refractivity contribution in [2.75, 3.05) is 5.73 Å². The van der Waals surface area contributed by atoms with Crippen LogP contribution in [0.25, 0.3) is 21.8 Å². The second-order valence-electron chi connectivity index (χ2n) is 3.35. The number of aromatic amines is 1. The maximum absolute atomic E-state index is 5.74. The molecule has 0 unspecified atom stereocenters. The molecule has 2 aromatic heterocycles. The average molecular weight is 183 g/mol. The van der Waals surface area contributed by atoms with E-state index >= 15 is 0 Å². The molecular formula is C11H9N3. The van der Waals surface area contributed by atoms with E-state index in [4.69, 9.17) is 5.73 Å². The number of benzene rings is 1. The number of hydrogen-bond donors (Lipinski definition) is 2. The molecule has 0 aliphatic heterocycles. The van der Waals surface area contributed by atoms with Gasteiger partial charge in [-0.15, -0.1) is 0 Å². The van der Waals surface area contributed by atoms with Crippen molar-refractivity contribution < 1.29 is 0 Å². The molecule has 68 valence electrons. The van der Waals surface area contributed by atoms with Gasteiger partial charge in [-0.25, -0.2) is 0 Å². The SMILES string of the molecule is Nc1ccc2[nH]c3ccncc3c2c1. The molecule has 3 rings (SSSR count). The first kappa shape index (κ1) is 7.38. The summed E-state index contributed by atoms with van der Waals surface area (Å²) < 4.78 is 0. The Bertz CT molecular complexity index is 610. The lowest BCUT2D eigenvalue weighted by Crippen LogP contribution is -1.81. The minimum absolute atomic E-state index is 0.780. The summed E-state index contributed by atoms with van der Waals surface area (Å²) in [5.41, 5.74) is 8.72. The summed E-state index contributed by atoms with van der Waals surface area (Å²) in [6, 6.07) is 7.82. The fraction of sp³-hybridized carbons (Fsp3) is 0. The quantitative estimate of drug-likeness (QED) is 0.525. The van der Waals surface area contributed by atoms with E-state index in [1.807, 2.05) is 30.5 Å². The van der Waals surface area contributed by atoms with Crippen LogP contribution in [0.2, 0.25) is 0 Å². The van der Waals surface area contributed by atoms with Gasteiger partial charge in [-0.3, -0.25) is 4.98 Å². The number of nitrogens with two attached hydrogens (primary N) is 1. The molecule has 3 nitrogen and oxygen atoms in total. The van der Waals surface area contributed by atoms with Gasteiger partial charge in [0.1, 0.15) is 0 Å². The average Bonchev–Trinajstić information content (AvgIpc) is 2.56. The fourth-order valence-electron chi connectivity index (χ4n) is 1.76. The van der Waals surface area contributed by atoms with Crippen molar-refractivity contribution in [3.63, 3.8) is 0 Å². The third kappa shape index (κ3) is 0.893. The van der Waals surface area contributed by atoms with Gasteiger partial charge in [0.2, 0.25) is 0 Å². The molecule has 3 N–H and O–H groups in total. The summed E-state index contributed by atoms with van der Waals surface area (Å²) in [7, 11) is 0. The summed E-state index contributed by atoms with van der Waals surface area (Å²) in [4.78, 5) is 7.41. The summed E-state index contributed by atoms with van der Waals surface area (Å²) in [6.07, 6.45) is 3.63. The van der Waals surface area contributed by atoms with Crippen molar-refractivity contribution in [2.45, 2.75) is 0 Å². The van der Waals surface area contributed by atoms with Crippen LogP contribution in [0.3, 0.4) is 0 Å². The minimum Gasteiger partial charge on any atom is -0.399 e. The molecule has 3 heteroatoms. The molecule has 0 atom stereocenters. The van der Waals surface area contributed by atoms with Gasteiger partial charge in [-0.2, -0.15) is 0 Å². The molecule has 0 spiro atoms. The number of fused-ring (bicyclic) bond motifs is 3. The predicted molar refractivity (Wildman–Crippen MR) is 58.0 cm³/mol. The molecular weight excluding hydrogens is 174 g/mol. The van der Waals surface area contributed by atoms with E-state index in [2.05, 4.69) is 9.97 Å². The molecule has 0 amide bonds. The highest BCUT2D eigenvalue weighted by atomic mass is 14.7. The fourth-order valence-corrected chi connectivity index (χ4v) is 1.76. The molecule has 0 aliphatic carbocycles. The Hall–Kier alpha value is -2.03. The van der Waals surface area contributed by atoms with Crippen LogP contribution >= 0.6 is 0 Å². The Morgan fingerprint density at radius 2 is 1.93 bits per heavy atom. The van der Waals surface area contributed by atoms with Crippen LogP contribution in [0, 0.1) is 0 Å². The van der Waals surface area contributed by atoms with Crippen LogP contribution in [0.4, 0.5) is 5.69 Å². The molecule has 2 heterocycles. The Morgan fingerprint density at radius 1 is 1.07 bits per heavy atom. The molecule has 0 bridgehead atoms. The number of aromatic nitrogens is 2. The monoisotopic (exact) mass is 183 g/mol. The third-order valence-electron chi connectivity index (χ3n) is 2.42. The highest BCUT2D eigenvalue weighted by Crippen LogP contribution is 2.25. The number of pyridine rings is 1. The smallest absolute Gasteiger partial charge is 0.0495 e. The van der Waals surface area contributed by atoms with Crippen molar-refractivity contribution in [3.05, 3.63) is 36.7 Å². The zero-order valence-electron chi connectivity index (χ0n) is 7.49. The number of nitrogens with zero attached hydrogens (tertiary/aromatic N) is 1. The Balaban J connectivity index is 2.58. The largest absolute Gasteiger partial charge is 0.399 e. The van der Waals surface area contributed by atoms with Crippen LogP contribution in [-0.2, 0) is 0 Å². The highest BCUT2D eigenvalue weighted by Gasteiger charge is 2.02. The lowest BCUT2D eigenvalue weighted by Gasteiger charge is -1.92. The van der Waals surface area contributed by atoms with Gasteiger partial charge < -0.3 is 10.7 Å². The van der Waals surface area contributed by atoms with E-state index in [0.29, 0.717) is 0 Å². The van der Waals surface area contributed by atoms with Gasteiger partial charge in [0, 0.05) is 39.9 Å². The summed E-state index contributed by atoms with van der Waals surface area (Å²) in [6.45, 7) is 0. The topological polar surface area (TPSA) is 54.7 Å². The van der Waals surface area contributed by atoms with Crippen molar-refractivity contribution in [1.29, 1.82) is 0 Å². The molecule has 0 saturated heterocycles. The number of H-pyrrole nitrogens is 1. The van der Waals surface area contributed by atoms with Crippen molar-refractivity contribution in [2.24, 2.45) is 0 Å². The van der Waals surface area contributed by atoms with Gasteiger partial charge >= 0.3 is 0 Å². The van der Waals surface area contributed by atoms with E-state index in [0.717, 1.165) is 27.5 Å². The van der Waals surface area contributed by atoms with Gasteiger partial charge in [-0.05, 0) is 24.3 Å². The first-order valence-corrected chi connectivity index (χ1v) is 4.45. The van der Waals surface area contributed by atoms with Crippen LogP contribution in [0.5, 0.6) is 0 Å². The maximum atomic E-state index is 5.74. The molecule has 1 aromatic carbocycles. The van der Waals surface area contributed by atoms with E-state index in [-0.39, 0.29) is 0 Å². The van der Waals surface area contributed by atoms with Crippen molar-refractivity contribution in [3.8, 4) is 0 Å². The van der Waals surface area contributed by atoms with Crippen molar-refractivity contribution in [1.82, 2.24) is 9.97 Å². The van der Waals surface area contributed by atoms with Crippen LogP contribution in [0.1, 0.15) is 0 Å². The minimum atomic E-state index is 0.780. The molecule has 0 saturated carbocycles. The summed E-state index contributed by atoms with van der Waals surface area (Å²) >= 11 is 0. The summed E-state index contributed by atoms with van der Waals surface area (Å²) in [5, 5.41) is 2.25. The highest BCUT2D eigenvalue weighted by molar-refractivity contribution is 6.07. The van der Waals surface area contributed by atoms with Gasteiger partial charge in [-0.1, -0.05) is 0 Å². The molecule has 14 heavy (non-hydrogen) atoms. The standard InChI is InChI=1S/C11H9N3/c12-7-1-2-10-8(5-7)9-6-13-4-3-11(9)14-10/h1-6,14H,12H2. The third-order valence-corrected chi connectivity index (χ3v) is 2.42. The molecule has 0 fully saturated rings. The second-order valence-corrected chi connectivity index (χ2v) is 3.35. The second kappa shape index (κ2) is 2.48. The maximum Gasteiger partial charge on any atom is 0.0495 e. The molecule has 0 aliphatic rings. The number of nitrogens with one attached hydrogen (secondary N) is 1. The molecule has 3 aromatic rings. The van der Waals surface area contributed by atoms with Gasteiger partial charge in [0.05, 0.1) is 0 Å². The normalized spacial score (nSPS) is 11.1. The number of hydrogen-bond acceptors (Lipinski definition) is 2. The Morgan fingerprint density at radius 3 is 2.86 bits per heavy atom. The summed E-state index contributed by atoms with van der Waals surface area (Å²) in [5.74, 6) is 0. The molecule has 0 radical (unpaired) electrons. The van der Waals surface area contributed by atoms with E-state index in [1.165, 1.54) is 0 Å². The lowest BCUT2D eigenvalue weighted by atomic mass is 10.2. The van der Waals surface area contributed by atoms with Gasteiger partial charge in [0.25, 0.3) is 0 Å². The van der Waals surface area contributed by atoms with Gasteiger partial charge in [0.15, 0.2) is 0 Å². The first-order valence-electron chi connectivity index (χ1n) is 4.45. The Kier molecular flexibility index (Phi) is 1.31. The number of anilines is 1. The van der Waals surface area contributed by atoms with Crippen molar-refractivity contribution >= 4 is 27.5 Å². The van der Waals surface area contributed by atoms with E-state index in [1.54, 1.807) is 6.20 Å². The number of nitrogen functional groups attached to an aromatic ring is 1. The van der Waals surface area contributed by atoms with Crippen LogP contribution in [0.15, 0.2) is 36.7 Å². The lowest BCUT2D eigenvalue weighted by molar-refractivity contribution is 1.36. The van der Waals surface area contributed by atoms with E-state index < -0.39 is 0 Å². The van der Waals surface area contributed by atoms with Crippen LogP contribution in [-0.4, -0.2) is 9.97 Å². The number of rotatable bonds is 0. The first-order chi connectivity index (χ1) is 6.84. The predicted octanol–water partition coefficient (Wildman–Crippen LogP) is 2.30. The Labute approximate surface area is 80.6 Å². The zero-order chi connectivity index (χ0) is 9.54. The van der Waals surface area contributed by atoms with E-state index in [9.17, 15) is 0 Å². The van der Waals surface area contributed by atoms with Crippen LogP contribution < -0.4 is 5.73 Å².